The molecule has 1 rings (SSSR count). The van der Waals surface area contributed by atoms with Gasteiger partial charge in [0.15, 0.2) is 0 Å². The molecule has 0 aliphatic heterocycles. The highest BCUT2D eigenvalue weighted by atomic mass is 16.4. The second-order valence-corrected chi connectivity index (χ2v) is 4.45. The molecule has 0 fully saturated rings. The van der Waals surface area contributed by atoms with Crippen LogP contribution in [0.5, 0.6) is 0 Å². The molecule has 0 spiro atoms. The van der Waals surface area contributed by atoms with Crippen LogP contribution in [-0.4, -0.2) is 23.0 Å². The van der Waals surface area contributed by atoms with Crippen molar-refractivity contribution in [1.29, 1.82) is 0 Å². The van der Waals surface area contributed by atoms with Crippen LogP contribution in [0.1, 0.15) is 31.7 Å². The van der Waals surface area contributed by atoms with Gasteiger partial charge < -0.3 is 16.3 Å². The van der Waals surface area contributed by atoms with E-state index in [9.17, 15) is 4.79 Å². The Kier molecular flexibility index (Phi) is 6.43. The highest BCUT2D eigenvalue weighted by Crippen LogP contribution is 2.04. The first-order valence-electron chi connectivity index (χ1n) is 6.45. The average Bonchev–Trinajstić information content (AvgIpc) is 2.45. The number of aryl methyl sites for hydroxylation is 1. The summed E-state index contributed by atoms with van der Waals surface area (Å²) in [6.45, 7) is 1.95. The molecule has 1 atom stereocenters. The molecule has 5 heteroatoms. The van der Waals surface area contributed by atoms with E-state index < -0.39 is 0 Å². The number of nitrogens with two attached hydrogens (primary N) is 1. The first kappa shape index (κ1) is 15.0. The number of hydrogen-bond donors (Lipinski definition) is 3. The van der Waals surface area contributed by atoms with Gasteiger partial charge in [0, 0.05) is 18.9 Å². The topological polar surface area (TPSA) is 87.7 Å². The van der Waals surface area contributed by atoms with E-state index in [1.165, 1.54) is 0 Å². The molecule has 1 amide bonds. The van der Waals surface area contributed by atoms with Crippen molar-refractivity contribution in [3.05, 3.63) is 35.9 Å². The third-order valence-corrected chi connectivity index (χ3v) is 2.93. The predicted octanol–water partition coefficient (Wildman–Crippen LogP) is 1.65. The number of carbonyl (C=O) groups is 1. The van der Waals surface area contributed by atoms with Crippen molar-refractivity contribution in [3.8, 4) is 0 Å². The summed E-state index contributed by atoms with van der Waals surface area (Å²) in [5, 5.41) is 14.3. The number of nitrogens with zero attached hydrogens (tertiary/aromatic N) is 1. The Morgan fingerprint density at radius 3 is 2.68 bits per heavy atom. The largest absolute Gasteiger partial charge is 0.409 e. The smallest absolute Gasteiger partial charge is 0.220 e. The van der Waals surface area contributed by atoms with Crippen molar-refractivity contribution >= 4 is 11.7 Å². The van der Waals surface area contributed by atoms with Gasteiger partial charge in [-0.3, -0.25) is 4.79 Å². The highest BCUT2D eigenvalue weighted by Gasteiger charge is 2.12. The summed E-state index contributed by atoms with van der Waals surface area (Å²) < 4.78 is 0. The van der Waals surface area contributed by atoms with Crippen molar-refractivity contribution in [3.63, 3.8) is 0 Å². The molecular weight excluding hydrogens is 242 g/mol. The number of benzene rings is 1. The number of oxime groups is 1. The minimum absolute atomic E-state index is 0.0126. The molecule has 104 valence electrons. The Bertz CT molecular complexity index is 418. The van der Waals surface area contributed by atoms with Crippen LogP contribution in [0, 0.1) is 0 Å². The van der Waals surface area contributed by atoms with Gasteiger partial charge in [0.2, 0.25) is 5.91 Å². The lowest BCUT2D eigenvalue weighted by atomic mass is 10.1. The van der Waals surface area contributed by atoms with E-state index in [1.54, 1.807) is 0 Å². The van der Waals surface area contributed by atoms with Crippen molar-refractivity contribution in [2.75, 3.05) is 0 Å². The summed E-state index contributed by atoms with van der Waals surface area (Å²) in [5.74, 6) is 0.122. The van der Waals surface area contributed by atoms with Crippen LogP contribution in [0.4, 0.5) is 0 Å². The molecule has 0 radical (unpaired) electrons. The fourth-order valence-electron chi connectivity index (χ4n) is 1.79. The standard InChI is InChI=1S/C14H21N3O2/c1-2-12(10-13(15)17-19)16-14(18)9-8-11-6-4-3-5-7-11/h3-7,12,19H,2,8-10H2,1H3,(H2,15,17)(H,16,18). The third kappa shape index (κ3) is 5.90. The van der Waals surface area contributed by atoms with Crippen molar-refractivity contribution < 1.29 is 10.0 Å². The van der Waals surface area contributed by atoms with Gasteiger partial charge in [0.05, 0.1) is 0 Å². The molecule has 1 unspecified atom stereocenters. The molecule has 19 heavy (non-hydrogen) atoms. The van der Waals surface area contributed by atoms with E-state index in [0.29, 0.717) is 19.3 Å². The summed E-state index contributed by atoms with van der Waals surface area (Å²) in [7, 11) is 0. The zero-order valence-electron chi connectivity index (χ0n) is 11.2. The molecular formula is C14H21N3O2. The Labute approximate surface area is 113 Å². The fraction of sp³-hybridized carbons (Fsp3) is 0.429. The molecule has 4 N–H and O–H groups in total. The molecule has 5 nitrogen and oxygen atoms in total. The molecule has 0 bridgehead atoms. The average molecular weight is 263 g/mol. The molecule has 0 aromatic heterocycles. The molecule has 1 aromatic carbocycles. The Balaban J connectivity index is 2.37. The zero-order chi connectivity index (χ0) is 14.1. The quantitative estimate of drug-likeness (QED) is 0.302. The predicted molar refractivity (Wildman–Crippen MR) is 75.0 cm³/mol. The van der Waals surface area contributed by atoms with Gasteiger partial charge in [-0.05, 0) is 18.4 Å². The monoisotopic (exact) mass is 263 g/mol. The number of amides is 1. The summed E-state index contributed by atoms with van der Waals surface area (Å²) in [6.07, 6.45) is 2.26. The van der Waals surface area contributed by atoms with Crippen LogP contribution < -0.4 is 11.1 Å². The van der Waals surface area contributed by atoms with E-state index in [2.05, 4.69) is 10.5 Å². The van der Waals surface area contributed by atoms with Gasteiger partial charge in [0.1, 0.15) is 5.84 Å². The second-order valence-electron chi connectivity index (χ2n) is 4.45. The normalized spacial score (nSPS) is 13.0. The number of hydrogen-bond acceptors (Lipinski definition) is 3. The lowest BCUT2D eigenvalue weighted by Gasteiger charge is -2.16. The van der Waals surface area contributed by atoms with Gasteiger partial charge in [0.25, 0.3) is 0 Å². The van der Waals surface area contributed by atoms with Gasteiger partial charge in [-0.15, -0.1) is 0 Å². The van der Waals surface area contributed by atoms with E-state index >= 15 is 0 Å². The van der Waals surface area contributed by atoms with Crippen molar-refractivity contribution in [2.24, 2.45) is 10.9 Å². The molecule has 1 aromatic rings. The summed E-state index contributed by atoms with van der Waals surface area (Å²) in [6, 6.07) is 9.79. The zero-order valence-corrected chi connectivity index (χ0v) is 11.2. The molecule has 0 aliphatic carbocycles. The third-order valence-electron chi connectivity index (χ3n) is 2.93. The highest BCUT2D eigenvalue weighted by molar-refractivity contribution is 5.82. The Morgan fingerprint density at radius 2 is 2.11 bits per heavy atom. The van der Waals surface area contributed by atoms with Crippen LogP contribution in [0.25, 0.3) is 0 Å². The van der Waals surface area contributed by atoms with Crippen LogP contribution in [0.2, 0.25) is 0 Å². The van der Waals surface area contributed by atoms with Gasteiger partial charge >= 0.3 is 0 Å². The lowest BCUT2D eigenvalue weighted by molar-refractivity contribution is -0.121. The van der Waals surface area contributed by atoms with E-state index in [0.717, 1.165) is 12.0 Å². The summed E-state index contributed by atoms with van der Waals surface area (Å²) >= 11 is 0. The maximum absolute atomic E-state index is 11.8. The van der Waals surface area contributed by atoms with E-state index in [1.807, 2.05) is 37.3 Å². The summed E-state index contributed by atoms with van der Waals surface area (Å²) in [4.78, 5) is 11.8. The molecule has 0 saturated carbocycles. The van der Waals surface area contributed by atoms with Crippen LogP contribution >= 0.6 is 0 Å². The summed E-state index contributed by atoms with van der Waals surface area (Å²) in [5.41, 5.74) is 6.58. The van der Waals surface area contributed by atoms with Crippen LogP contribution in [0.15, 0.2) is 35.5 Å². The Morgan fingerprint density at radius 1 is 1.42 bits per heavy atom. The number of nitrogens with one attached hydrogen (secondary N) is 1. The fourth-order valence-corrected chi connectivity index (χ4v) is 1.79. The van der Waals surface area contributed by atoms with E-state index in [4.69, 9.17) is 10.9 Å². The van der Waals surface area contributed by atoms with E-state index in [-0.39, 0.29) is 17.8 Å². The number of rotatable bonds is 7. The minimum Gasteiger partial charge on any atom is -0.409 e. The van der Waals surface area contributed by atoms with Gasteiger partial charge in [-0.25, -0.2) is 0 Å². The molecule has 0 aliphatic rings. The van der Waals surface area contributed by atoms with Crippen LogP contribution in [0.3, 0.4) is 0 Å². The van der Waals surface area contributed by atoms with Crippen molar-refractivity contribution in [2.45, 2.75) is 38.6 Å². The second kappa shape index (κ2) is 8.13. The maximum Gasteiger partial charge on any atom is 0.220 e. The maximum atomic E-state index is 11.8. The molecule has 0 saturated heterocycles. The Hall–Kier alpha value is -2.04. The number of carbonyl (C=O) groups excluding carboxylic acids is 1. The van der Waals surface area contributed by atoms with Gasteiger partial charge in [-0.2, -0.15) is 0 Å². The molecule has 0 heterocycles. The first-order valence-corrected chi connectivity index (χ1v) is 6.45. The lowest BCUT2D eigenvalue weighted by Crippen LogP contribution is -2.37. The van der Waals surface area contributed by atoms with Gasteiger partial charge in [-0.1, -0.05) is 42.4 Å². The first-order chi connectivity index (χ1) is 9.15. The minimum atomic E-state index is -0.0841. The SMILES string of the molecule is CCC(CC(N)=NO)NC(=O)CCc1ccccc1. The number of amidine groups is 1. The van der Waals surface area contributed by atoms with Crippen LogP contribution in [-0.2, 0) is 11.2 Å². The van der Waals surface area contributed by atoms with Crippen molar-refractivity contribution in [1.82, 2.24) is 5.32 Å².